The lowest BCUT2D eigenvalue weighted by Gasteiger charge is -2.40. The van der Waals surface area contributed by atoms with E-state index in [1.165, 1.54) is 24.3 Å². The second-order valence-corrected chi connectivity index (χ2v) is 19.0. The number of non-ortho nitro benzene ring substituents is 1. The van der Waals surface area contributed by atoms with E-state index >= 15 is 0 Å². The van der Waals surface area contributed by atoms with E-state index in [0.717, 1.165) is 5.56 Å². The number of rotatable bonds is 9. The lowest BCUT2D eigenvalue weighted by Crippen LogP contribution is -2.61. The van der Waals surface area contributed by atoms with E-state index in [9.17, 15) is 24.5 Å². The topological polar surface area (TPSA) is 239 Å². The summed E-state index contributed by atoms with van der Waals surface area (Å²) in [7, 11) is 0. The summed E-state index contributed by atoms with van der Waals surface area (Å²) in [6, 6.07) is 14.5. The van der Waals surface area contributed by atoms with Gasteiger partial charge in [0.15, 0.2) is 36.4 Å². The third-order valence-corrected chi connectivity index (χ3v) is 11.9. The van der Waals surface area contributed by atoms with Crippen LogP contribution in [0.3, 0.4) is 0 Å². The van der Waals surface area contributed by atoms with Gasteiger partial charge in [0.25, 0.3) is 5.69 Å². The minimum atomic E-state index is -1.39. The molecule has 22 heteroatoms. The number of alkyl carbamates (subject to hydrolysis) is 1. The van der Waals surface area contributed by atoms with E-state index in [-0.39, 0.29) is 62.7 Å². The first kappa shape index (κ1) is 48.7. The van der Waals surface area contributed by atoms with Gasteiger partial charge in [-0.1, -0.05) is 30.3 Å². The first-order chi connectivity index (χ1) is 31.5. The van der Waals surface area contributed by atoms with Gasteiger partial charge in [0.2, 0.25) is 11.6 Å². The van der Waals surface area contributed by atoms with Crippen molar-refractivity contribution < 1.29 is 85.6 Å². The van der Waals surface area contributed by atoms with E-state index in [1.807, 2.05) is 44.2 Å². The molecule has 2 aromatic carbocycles. The van der Waals surface area contributed by atoms with E-state index in [4.69, 9.17) is 66.3 Å². The monoisotopic (exact) mass is 945 g/mol. The maximum atomic E-state index is 12.9. The highest BCUT2D eigenvalue weighted by atomic mass is 16.9. The fraction of sp³-hybridized carbons (Fsp3) is 0.667. The van der Waals surface area contributed by atoms with Gasteiger partial charge in [-0.2, -0.15) is 0 Å². The maximum Gasteiger partial charge on any atom is 0.514 e. The van der Waals surface area contributed by atoms with Gasteiger partial charge < -0.3 is 76.5 Å². The number of piperidine rings is 1. The lowest BCUT2D eigenvalue weighted by molar-refractivity contribution is -0.384. The van der Waals surface area contributed by atoms with E-state index in [1.54, 1.807) is 46.4 Å². The zero-order chi connectivity index (χ0) is 48.0. The minimum Gasteiger partial charge on any atom is -0.445 e. The molecule has 7 fully saturated rings. The quantitative estimate of drug-likeness (QED) is 0.109. The smallest absolute Gasteiger partial charge is 0.445 e. The summed E-state index contributed by atoms with van der Waals surface area (Å²) >= 11 is 0. The number of fused-ring (bicyclic) bond motifs is 6. The number of hydrogen-bond acceptors (Lipinski definition) is 19. The predicted molar refractivity (Wildman–Crippen MR) is 226 cm³/mol. The van der Waals surface area contributed by atoms with Gasteiger partial charge in [-0.15, -0.1) is 0 Å². The Balaban J connectivity index is 0.000000186. The van der Waals surface area contributed by atoms with Crippen molar-refractivity contribution >= 4 is 24.0 Å². The molecule has 0 radical (unpaired) electrons. The Morgan fingerprint density at radius 3 is 1.73 bits per heavy atom. The summed E-state index contributed by atoms with van der Waals surface area (Å²) < 4.78 is 81.4. The molecule has 2 amide bonds. The van der Waals surface area contributed by atoms with Crippen LogP contribution in [-0.2, 0) is 68.2 Å². The van der Waals surface area contributed by atoms with E-state index in [0.29, 0.717) is 25.9 Å². The Morgan fingerprint density at radius 2 is 1.21 bits per heavy atom. The van der Waals surface area contributed by atoms with Crippen LogP contribution in [0.2, 0.25) is 0 Å². The van der Waals surface area contributed by atoms with Crippen molar-refractivity contribution in [1.29, 1.82) is 0 Å². The average Bonchev–Trinajstić information content (AvgIpc) is 3.95. The standard InChI is InChI=1S/C26H36N2O9.C19H23NO10/c1-24(2)34-19-15-33-26(21(20(19)35-24)36-25(3,4)37-26)16-32-23(30)28-12-10-18(11-13-28)27-22(29)31-14-17-8-6-5-7-9-17;1-17(2)27-13-9-25-19(15(14(13)28-17)29-18(3,4)30-19)10-24-16(21)26-12-7-5-11(6-8-12)20(22)23/h5-9,18-21H,10-16H2,1-4H3,(H,27,29);5-8,13-15H,9-10H2,1-4H3/t19-,20-,21+,26+;13-,14-,15+,19+/m11/s1. The zero-order valence-corrected chi connectivity index (χ0v) is 38.8. The molecule has 2 aromatic rings. The third-order valence-electron chi connectivity index (χ3n) is 11.9. The second kappa shape index (κ2) is 18.6. The number of carbonyl (C=O) groups is 3. The molecular weight excluding hydrogens is 886 g/mol. The number of amides is 2. The first-order valence-electron chi connectivity index (χ1n) is 22.3. The summed E-state index contributed by atoms with van der Waals surface area (Å²) in [5, 5.41) is 13.6. The number of ether oxygens (including phenoxy) is 14. The zero-order valence-electron chi connectivity index (χ0n) is 38.8. The number of benzene rings is 2. The highest BCUT2D eigenvalue weighted by Crippen LogP contribution is 2.49. The summed E-state index contributed by atoms with van der Waals surface area (Å²) in [5.41, 5.74) is 0.799. The van der Waals surface area contributed by atoms with Crippen molar-refractivity contribution in [3.63, 3.8) is 0 Å². The van der Waals surface area contributed by atoms with Crippen molar-refractivity contribution in [1.82, 2.24) is 10.2 Å². The molecule has 0 unspecified atom stereocenters. The molecule has 0 saturated carbocycles. The van der Waals surface area contributed by atoms with Crippen molar-refractivity contribution in [2.24, 2.45) is 0 Å². The van der Waals surface area contributed by atoms with Crippen LogP contribution < -0.4 is 10.1 Å². The molecule has 0 bridgehead atoms. The molecule has 0 aliphatic carbocycles. The lowest BCUT2D eigenvalue weighted by atomic mass is 9.97. The second-order valence-electron chi connectivity index (χ2n) is 19.0. The normalized spacial score (nSPS) is 32.8. The Hall–Kier alpha value is -4.75. The number of hydrogen-bond donors (Lipinski definition) is 1. The van der Waals surface area contributed by atoms with Crippen LogP contribution in [0, 0.1) is 10.1 Å². The van der Waals surface area contributed by atoms with Crippen LogP contribution >= 0.6 is 0 Å². The SMILES string of the molecule is CC1(C)O[C@@H]2[C@@H](CO[C@@]3(COC(=O)N4CCC(NC(=O)OCc5ccccc5)CC4)OC(C)(C)O[C@@H]23)O1.CC1(C)O[C@@H]2[C@@H](CO[C@@]3(COC(=O)Oc4ccc([N+](=O)[O-])cc4)OC(C)(C)O[C@@H]23)O1. The van der Waals surface area contributed by atoms with Crippen molar-refractivity contribution in [3.05, 3.63) is 70.3 Å². The Morgan fingerprint density at radius 1 is 0.687 bits per heavy atom. The third kappa shape index (κ3) is 11.2. The van der Waals surface area contributed by atoms with E-state index < -0.39 is 82.4 Å². The molecule has 368 valence electrons. The summed E-state index contributed by atoms with van der Waals surface area (Å²) in [6.07, 6.45) is -3.60. The molecule has 9 rings (SSSR count). The summed E-state index contributed by atoms with van der Waals surface area (Å²) in [5.74, 6) is -6.09. The molecule has 7 aliphatic rings. The Kier molecular flexibility index (Phi) is 13.5. The number of nitro benzene ring substituents is 1. The largest absolute Gasteiger partial charge is 0.514 e. The van der Waals surface area contributed by atoms with Crippen LogP contribution in [0.25, 0.3) is 0 Å². The van der Waals surface area contributed by atoms with Crippen molar-refractivity contribution in [3.8, 4) is 5.75 Å². The van der Waals surface area contributed by atoms with Crippen LogP contribution in [0.15, 0.2) is 54.6 Å². The highest BCUT2D eigenvalue weighted by Gasteiger charge is 2.67. The molecule has 67 heavy (non-hydrogen) atoms. The van der Waals surface area contributed by atoms with Crippen LogP contribution in [-0.4, -0.2) is 145 Å². The molecule has 7 saturated heterocycles. The van der Waals surface area contributed by atoms with Gasteiger partial charge in [-0.25, -0.2) is 14.4 Å². The summed E-state index contributed by atoms with van der Waals surface area (Å²) in [6.45, 7) is 15.4. The molecule has 7 aliphatic heterocycles. The maximum absolute atomic E-state index is 12.9. The van der Waals surface area contributed by atoms with Gasteiger partial charge in [0.05, 0.1) is 18.1 Å². The number of carbonyl (C=O) groups excluding carboxylic acids is 3. The van der Waals surface area contributed by atoms with Gasteiger partial charge in [0, 0.05) is 31.3 Å². The number of likely N-dealkylation sites (tertiary alicyclic amines) is 1. The molecule has 22 nitrogen and oxygen atoms in total. The van der Waals surface area contributed by atoms with Crippen molar-refractivity contribution in [2.45, 2.75) is 152 Å². The fourth-order valence-corrected chi connectivity index (χ4v) is 9.21. The predicted octanol–water partition coefficient (Wildman–Crippen LogP) is 5.42. The van der Waals surface area contributed by atoms with Gasteiger partial charge in [-0.05, 0) is 85.9 Å². The van der Waals surface area contributed by atoms with Crippen LogP contribution in [0.1, 0.15) is 73.8 Å². The first-order valence-corrected chi connectivity index (χ1v) is 22.3. The van der Waals surface area contributed by atoms with Crippen LogP contribution in [0.4, 0.5) is 20.1 Å². The van der Waals surface area contributed by atoms with Crippen LogP contribution in [0.5, 0.6) is 5.75 Å². The highest BCUT2D eigenvalue weighted by molar-refractivity contribution is 5.69. The molecule has 7 heterocycles. The average molecular weight is 946 g/mol. The Labute approximate surface area is 387 Å². The number of nitro groups is 1. The molecule has 0 spiro atoms. The number of nitrogens with one attached hydrogen (secondary N) is 1. The molecule has 1 N–H and O–H groups in total. The van der Waals surface area contributed by atoms with E-state index in [2.05, 4.69) is 5.32 Å². The van der Waals surface area contributed by atoms with Crippen molar-refractivity contribution in [2.75, 3.05) is 39.5 Å². The summed E-state index contributed by atoms with van der Waals surface area (Å²) in [4.78, 5) is 49.0. The van der Waals surface area contributed by atoms with Gasteiger partial charge in [-0.3, -0.25) is 10.1 Å². The Bertz CT molecular complexity index is 2110. The number of nitrogens with zero attached hydrogens (tertiary/aromatic N) is 2. The molecule has 0 aromatic heterocycles. The minimum absolute atomic E-state index is 0.0795. The van der Waals surface area contributed by atoms with Gasteiger partial charge in [0.1, 0.15) is 49.0 Å². The molecule has 8 atom stereocenters. The fourth-order valence-electron chi connectivity index (χ4n) is 9.21. The molecular formula is C45H59N3O19. The van der Waals surface area contributed by atoms with Gasteiger partial charge >= 0.3 is 18.3 Å².